The van der Waals surface area contributed by atoms with E-state index in [-0.39, 0.29) is 6.04 Å². The van der Waals surface area contributed by atoms with Crippen LogP contribution in [0.3, 0.4) is 0 Å². The molecule has 102 valence electrons. The van der Waals surface area contributed by atoms with Crippen molar-refractivity contribution in [2.24, 2.45) is 7.05 Å². The molecule has 0 fully saturated rings. The molecule has 2 heterocycles. The van der Waals surface area contributed by atoms with Crippen molar-refractivity contribution < 1.29 is 0 Å². The molecule has 0 amide bonds. The van der Waals surface area contributed by atoms with Gasteiger partial charge in [0.15, 0.2) is 0 Å². The summed E-state index contributed by atoms with van der Waals surface area (Å²) >= 11 is 0. The summed E-state index contributed by atoms with van der Waals surface area (Å²) in [6.07, 6.45) is 5.68. The number of aromatic nitrogens is 3. The summed E-state index contributed by atoms with van der Waals surface area (Å²) in [4.78, 5) is 4.02. The molecule has 0 radical (unpaired) electrons. The van der Waals surface area contributed by atoms with Crippen LogP contribution in [0.15, 0.2) is 30.6 Å². The molecule has 0 aliphatic heterocycles. The minimum atomic E-state index is 0.211. The lowest BCUT2D eigenvalue weighted by atomic mass is 10.0. The van der Waals surface area contributed by atoms with Gasteiger partial charge in [-0.15, -0.1) is 0 Å². The van der Waals surface area contributed by atoms with Crippen molar-refractivity contribution in [2.45, 2.75) is 25.8 Å². The van der Waals surface area contributed by atoms with Crippen LogP contribution in [0, 0.1) is 0 Å². The number of nitrogens with two attached hydrogens (primary N) is 1. The largest absolute Gasteiger partial charge is 0.384 e. The summed E-state index contributed by atoms with van der Waals surface area (Å²) in [7, 11) is 1.94. The van der Waals surface area contributed by atoms with Gasteiger partial charge in [-0.1, -0.05) is 6.92 Å². The quantitative estimate of drug-likeness (QED) is 0.828. The molecular weight excluding hydrogens is 238 g/mol. The second-order valence-electron chi connectivity index (χ2n) is 4.71. The number of hydrogen-bond donors (Lipinski definition) is 2. The average molecular weight is 259 g/mol. The Morgan fingerprint density at radius 2 is 2.26 bits per heavy atom. The summed E-state index contributed by atoms with van der Waals surface area (Å²) in [5.41, 5.74) is 7.96. The van der Waals surface area contributed by atoms with Crippen molar-refractivity contribution in [3.63, 3.8) is 0 Å². The highest BCUT2D eigenvalue weighted by Crippen LogP contribution is 2.17. The maximum Gasteiger partial charge on any atom is 0.123 e. The number of anilines is 1. The van der Waals surface area contributed by atoms with Crippen LogP contribution in [0.25, 0.3) is 0 Å². The van der Waals surface area contributed by atoms with E-state index < -0.39 is 0 Å². The smallest absolute Gasteiger partial charge is 0.123 e. The van der Waals surface area contributed by atoms with E-state index in [2.05, 4.69) is 28.4 Å². The lowest BCUT2D eigenvalue weighted by Gasteiger charge is -2.16. The predicted octanol–water partition coefficient (Wildman–Crippen LogP) is 1.68. The summed E-state index contributed by atoms with van der Waals surface area (Å²) in [5.74, 6) is 0.563. The van der Waals surface area contributed by atoms with Gasteiger partial charge in [0, 0.05) is 19.4 Å². The van der Waals surface area contributed by atoms with Gasteiger partial charge >= 0.3 is 0 Å². The highest BCUT2D eigenvalue weighted by molar-refractivity contribution is 5.32. The van der Waals surface area contributed by atoms with Crippen molar-refractivity contribution in [1.29, 1.82) is 0 Å². The van der Waals surface area contributed by atoms with Crippen molar-refractivity contribution >= 4 is 5.82 Å². The zero-order valence-electron chi connectivity index (χ0n) is 11.5. The van der Waals surface area contributed by atoms with E-state index in [1.54, 1.807) is 6.20 Å². The van der Waals surface area contributed by atoms with E-state index in [4.69, 9.17) is 5.73 Å². The fraction of sp³-hybridized carbons (Fsp3) is 0.429. The van der Waals surface area contributed by atoms with E-state index in [0.717, 1.165) is 25.1 Å². The monoisotopic (exact) mass is 259 g/mol. The summed E-state index contributed by atoms with van der Waals surface area (Å²) < 4.78 is 1.83. The van der Waals surface area contributed by atoms with Gasteiger partial charge in [-0.05, 0) is 43.1 Å². The van der Waals surface area contributed by atoms with Crippen LogP contribution in [-0.4, -0.2) is 21.3 Å². The highest BCUT2D eigenvalue weighted by Gasteiger charge is 2.14. The van der Waals surface area contributed by atoms with Crippen LogP contribution in [0.1, 0.15) is 30.6 Å². The number of rotatable bonds is 6. The highest BCUT2D eigenvalue weighted by atomic mass is 15.3. The van der Waals surface area contributed by atoms with Gasteiger partial charge in [0.25, 0.3) is 0 Å². The zero-order chi connectivity index (χ0) is 13.7. The summed E-state index contributed by atoms with van der Waals surface area (Å²) in [6, 6.07) is 6.18. The van der Waals surface area contributed by atoms with Gasteiger partial charge in [0.05, 0.1) is 11.7 Å². The number of pyridine rings is 1. The SMILES string of the molecule is CCCNC(Cc1ccnc(N)c1)c1ccn(C)n1. The zero-order valence-corrected chi connectivity index (χ0v) is 11.5. The van der Waals surface area contributed by atoms with Gasteiger partial charge in [0.1, 0.15) is 5.82 Å². The van der Waals surface area contributed by atoms with Crippen LogP contribution in [0.4, 0.5) is 5.82 Å². The Bertz CT molecular complexity index is 520. The van der Waals surface area contributed by atoms with E-state index in [0.29, 0.717) is 5.82 Å². The normalized spacial score (nSPS) is 12.5. The van der Waals surface area contributed by atoms with Crippen molar-refractivity contribution in [3.05, 3.63) is 41.9 Å². The molecule has 2 aromatic rings. The Kier molecular flexibility index (Phi) is 4.52. The van der Waals surface area contributed by atoms with E-state index >= 15 is 0 Å². The first-order valence-electron chi connectivity index (χ1n) is 6.62. The summed E-state index contributed by atoms with van der Waals surface area (Å²) in [6.45, 7) is 3.13. The Hall–Kier alpha value is -1.88. The maximum absolute atomic E-state index is 5.73. The van der Waals surface area contributed by atoms with Gasteiger partial charge in [0.2, 0.25) is 0 Å². The number of nitrogens with zero attached hydrogens (tertiary/aromatic N) is 3. The topological polar surface area (TPSA) is 68.8 Å². The second kappa shape index (κ2) is 6.33. The number of nitrogens with one attached hydrogen (secondary N) is 1. The molecule has 2 rings (SSSR count). The average Bonchev–Trinajstić information content (AvgIpc) is 2.81. The Morgan fingerprint density at radius 1 is 1.42 bits per heavy atom. The molecular formula is C14H21N5. The Balaban J connectivity index is 2.13. The number of nitrogen functional groups attached to an aromatic ring is 1. The molecule has 0 saturated heterocycles. The molecule has 2 aromatic heterocycles. The van der Waals surface area contributed by atoms with Crippen molar-refractivity contribution in [3.8, 4) is 0 Å². The lowest BCUT2D eigenvalue weighted by molar-refractivity contribution is 0.510. The fourth-order valence-corrected chi connectivity index (χ4v) is 2.08. The molecule has 0 aromatic carbocycles. The maximum atomic E-state index is 5.73. The fourth-order valence-electron chi connectivity index (χ4n) is 2.08. The minimum Gasteiger partial charge on any atom is -0.384 e. The van der Waals surface area contributed by atoms with Gasteiger partial charge in [-0.25, -0.2) is 4.98 Å². The first kappa shape index (κ1) is 13.5. The van der Waals surface area contributed by atoms with Crippen LogP contribution >= 0.6 is 0 Å². The van der Waals surface area contributed by atoms with Crippen LogP contribution in [-0.2, 0) is 13.5 Å². The van der Waals surface area contributed by atoms with Crippen LogP contribution in [0.2, 0.25) is 0 Å². The molecule has 3 N–H and O–H groups in total. The minimum absolute atomic E-state index is 0.211. The molecule has 0 aliphatic rings. The van der Waals surface area contributed by atoms with E-state index in [1.807, 2.05) is 30.1 Å². The van der Waals surface area contributed by atoms with E-state index in [1.165, 1.54) is 5.56 Å². The molecule has 0 saturated carbocycles. The molecule has 1 unspecified atom stereocenters. The van der Waals surface area contributed by atoms with Crippen LogP contribution in [0.5, 0.6) is 0 Å². The third kappa shape index (κ3) is 3.79. The van der Waals surface area contributed by atoms with Gasteiger partial charge in [-0.2, -0.15) is 5.10 Å². The number of hydrogen-bond acceptors (Lipinski definition) is 4. The van der Waals surface area contributed by atoms with E-state index in [9.17, 15) is 0 Å². The third-order valence-electron chi connectivity index (χ3n) is 3.02. The molecule has 0 bridgehead atoms. The Labute approximate surface area is 113 Å². The molecule has 5 heteroatoms. The predicted molar refractivity (Wildman–Crippen MR) is 76.6 cm³/mol. The molecule has 1 atom stereocenters. The van der Waals surface area contributed by atoms with Gasteiger partial charge < -0.3 is 11.1 Å². The standard InChI is InChI=1S/C14H21N5/c1-3-6-16-13(12-5-8-19(2)18-12)9-11-4-7-17-14(15)10-11/h4-5,7-8,10,13,16H,3,6,9H2,1-2H3,(H2,15,17). The summed E-state index contributed by atoms with van der Waals surface area (Å²) in [5, 5.41) is 8.02. The van der Waals surface area contributed by atoms with Crippen LogP contribution < -0.4 is 11.1 Å². The first-order valence-corrected chi connectivity index (χ1v) is 6.62. The third-order valence-corrected chi connectivity index (χ3v) is 3.02. The lowest BCUT2D eigenvalue weighted by Crippen LogP contribution is -2.24. The molecule has 0 aliphatic carbocycles. The van der Waals surface area contributed by atoms with Gasteiger partial charge in [-0.3, -0.25) is 4.68 Å². The Morgan fingerprint density at radius 3 is 2.89 bits per heavy atom. The molecule has 0 spiro atoms. The van der Waals surface area contributed by atoms with Crippen molar-refractivity contribution in [2.75, 3.05) is 12.3 Å². The van der Waals surface area contributed by atoms with Crippen molar-refractivity contribution in [1.82, 2.24) is 20.1 Å². The first-order chi connectivity index (χ1) is 9.19. The second-order valence-corrected chi connectivity index (χ2v) is 4.71. The molecule has 19 heavy (non-hydrogen) atoms. The number of aryl methyl sites for hydroxylation is 1. The molecule has 5 nitrogen and oxygen atoms in total.